The van der Waals surface area contributed by atoms with Crippen molar-refractivity contribution in [3.8, 4) is 5.75 Å². The van der Waals surface area contributed by atoms with E-state index in [1.807, 2.05) is 42.2 Å². The number of amides is 1. The fraction of sp³-hybridized carbons (Fsp3) is 0.348. The SMILES string of the molecule is NC(=O)c1ccc2c(CSCCN3CCCC(c4cccc(O)c4)C3)c[nH]c2c1. The molecule has 1 aliphatic rings. The van der Waals surface area contributed by atoms with Crippen molar-refractivity contribution in [2.45, 2.75) is 24.5 Å². The van der Waals surface area contributed by atoms with Crippen LogP contribution < -0.4 is 5.73 Å². The van der Waals surface area contributed by atoms with Gasteiger partial charge in [-0.2, -0.15) is 11.8 Å². The second kappa shape index (κ2) is 8.93. The molecule has 152 valence electrons. The summed E-state index contributed by atoms with van der Waals surface area (Å²) in [6.45, 7) is 3.29. The Kier molecular flexibility index (Phi) is 6.11. The van der Waals surface area contributed by atoms with Gasteiger partial charge < -0.3 is 20.7 Å². The quantitative estimate of drug-likeness (QED) is 0.514. The Morgan fingerprint density at radius 3 is 3.00 bits per heavy atom. The number of aromatic amines is 1. The molecule has 1 atom stereocenters. The zero-order chi connectivity index (χ0) is 20.2. The van der Waals surface area contributed by atoms with Crippen LogP contribution in [0.25, 0.3) is 10.9 Å². The molecule has 2 heterocycles. The lowest BCUT2D eigenvalue weighted by Crippen LogP contribution is -2.35. The standard InChI is InChI=1S/C23H27N3O2S/c24-23(28)17-6-7-21-19(13-25-22(21)12-17)15-29-10-9-26-8-2-4-18(14-26)16-3-1-5-20(27)11-16/h1,3,5-7,11-13,18,25,27H,2,4,8-10,14-15H2,(H2,24,28). The summed E-state index contributed by atoms with van der Waals surface area (Å²) in [4.78, 5) is 17.1. The summed E-state index contributed by atoms with van der Waals surface area (Å²) in [6.07, 6.45) is 4.42. The normalized spacial score (nSPS) is 17.6. The highest BCUT2D eigenvalue weighted by molar-refractivity contribution is 7.98. The Morgan fingerprint density at radius 1 is 1.28 bits per heavy atom. The third kappa shape index (κ3) is 4.77. The van der Waals surface area contributed by atoms with Crippen molar-refractivity contribution in [1.82, 2.24) is 9.88 Å². The lowest BCUT2D eigenvalue weighted by Gasteiger charge is -2.33. The first-order valence-corrected chi connectivity index (χ1v) is 11.2. The molecule has 4 rings (SSSR count). The number of carbonyl (C=O) groups excluding carboxylic acids is 1. The molecule has 0 bridgehead atoms. The minimum absolute atomic E-state index is 0.358. The van der Waals surface area contributed by atoms with Crippen LogP contribution in [0.5, 0.6) is 5.75 Å². The molecule has 4 N–H and O–H groups in total. The number of likely N-dealkylation sites (tertiary alicyclic amines) is 1. The number of hydrogen-bond donors (Lipinski definition) is 3. The van der Waals surface area contributed by atoms with Gasteiger partial charge in [0.25, 0.3) is 0 Å². The van der Waals surface area contributed by atoms with E-state index in [-0.39, 0.29) is 0 Å². The molecule has 0 saturated carbocycles. The zero-order valence-corrected chi connectivity index (χ0v) is 17.3. The van der Waals surface area contributed by atoms with Gasteiger partial charge in [-0.3, -0.25) is 4.79 Å². The molecule has 1 aliphatic heterocycles. The largest absolute Gasteiger partial charge is 0.508 e. The number of aromatic nitrogens is 1. The number of carbonyl (C=O) groups is 1. The van der Waals surface area contributed by atoms with E-state index < -0.39 is 5.91 Å². The smallest absolute Gasteiger partial charge is 0.248 e. The maximum Gasteiger partial charge on any atom is 0.248 e. The lowest BCUT2D eigenvalue weighted by atomic mass is 9.90. The van der Waals surface area contributed by atoms with Crippen molar-refractivity contribution in [2.24, 2.45) is 5.73 Å². The summed E-state index contributed by atoms with van der Waals surface area (Å²) < 4.78 is 0. The summed E-state index contributed by atoms with van der Waals surface area (Å²) >= 11 is 1.94. The molecule has 1 unspecified atom stereocenters. The van der Waals surface area contributed by atoms with Crippen molar-refractivity contribution < 1.29 is 9.90 Å². The van der Waals surface area contributed by atoms with E-state index in [1.54, 1.807) is 12.1 Å². The van der Waals surface area contributed by atoms with Crippen LogP contribution in [0.1, 0.15) is 40.2 Å². The molecule has 0 aliphatic carbocycles. The minimum atomic E-state index is -0.400. The van der Waals surface area contributed by atoms with Crippen LogP contribution in [0.15, 0.2) is 48.7 Å². The summed E-state index contributed by atoms with van der Waals surface area (Å²) in [5.74, 6) is 2.49. The number of fused-ring (bicyclic) bond motifs is 1. The van der Waals surface area contributed by atoms with Crippen molar-refractivity contribution in [2.75, 3.05) is 25.4 Å². The first kappa shape index (κ1) is 19.9. The topological polar surface area (TPSA) is 82.3 Å². The third-order valence-corrected chi connectivity index (χ3v) is 6.69. The van der Waals surface area contributed by atoms with Gasteiger partial charge in [0.05, 0.1) is 0 Å². The van der Waals surface area contributed by atoms with Gasteiger partial charge >= 0.3 is 0 Å². The van der Waals surface area contributed by atoms with E-state index in [4.69, 9.17) is 5.73 Å². The van der Waals surface area contributed by atoms with Gasteiger partial charge in [0.2, 0.25) is 5.91 Å². The van der Waals surface area contributed by atoms with Gasteiger partial charge in [-0.05, 0) is 60.7 Å². The van der Waals surface area contributed by atoms with Gasteiger partial charge in [-0.15, -0.1) is 0 Å². The first-order valence-electron chi connectivity index (χ1n) is 10.1. The van der Waals surface area contributed by atoms with Crippen molar-refractivity contribution in [3.05, 3.63) is 65.4 Å². The summed E-state index contributed by atoms with van der Waals surface area (Å²) in [6, 6.07) is 13.3. The van der Waals surface area contributed by atoms with Crippen molar-refractivity contribution >= 4 is 28.6 Å². The highest BCUT2D eigenvalue weighted by Crippen LogP contribution is 2.29. The van der Waals surface area contributed by atoms with E-state index in [2.05, 4.69) is 16.0 Å². The summed E-state index contributed by atoms with van der Waals surface area (Å²) in [7, 11) is 0. The van der Waals surface area contributed by atoms with Gasteiger partial charge in [0.1, 0.15) is 5.75 Å². The molecule has 2 aromatic carbocycles. The number of benzene rings is 2. The average Bonchev–Trinajstić information content (AvgIpc) is 3.14. The number of thioether (sulfide) groups is 1. The number of phenols is 1. The van der Waals surface area contributed by atoms with E-state index in [9.17, 15) is 9.90 Å². The number of hydrogen-bond acceptors (Lipinski definition) is 4. The Hall–Kier alpha value is -2.44. The second-order valence-corrected chi connectivity index (χ2v) is 8.83. The molecule has 5 nitrogen and oxygen atoms in total. The number of nitrogens with one attached hydrogen (secondary N) is 1. The number of primary amides is 1. The van der Waals surface area contributed by atoms with Crippen LogP contribution in [0, 0.1) is 0 Å². The number of piperidine rings is 1. The Labute approximate surface area is 175 Å². The number of aromatic hydroxyl groups is 1. The van der Waals surface area contributed by atoms with Crippen molar-refractivity contribution in [1.29, 1.82) is 0 Å². The number of nitrogens with two attached hydrogens (primary N) is 1. The minimum Gasteiger partial charge on any atom is -0.508 e. The molecule has 6 heteroatoms. The van der Waals surface area contributed by atoms with E-state index >= 15 is 0 Å². The monoisotopic (exact) mass is 409 g/mol. The van der Waals surface area contributed by atoms with Gasteiger partial charge in [-0.1, -0.05) is 18.2 Å². The number of nitrogens with zero attached hydrogens (tertiary/aromatic N) is 1. The Bertz CT molecular complexity index is 1000. The summed E-state index contributed by atoms with van der Waals surface area (Å²) in [5, 5.41) is 10.9. The molecule has 1 amide bonds. The fourth-order valence-electron chi connectivity index (χ4n) is 4.14. The van der Waals surface area contributed by atoms with Crippen molar-refractivity contribution in [3.63, 3.8) is 0 Å². The fourth-order valence-corrected chi connectivity index (χ4v) is 5.13. The Balaban J connectivity index is 1.28. The maximum atomic E-state index is 11.3. The van der Waals surface area contributed by atoms with Gasteiger partial charge in [0.15, 0.2) is 0 Å². The molecule has 3 aromatic rings. The Morgan fingerprint density at radius 2 is 2.17 bits per heavy atom. The summed E-state index contributed by atoms with van der Waals surface area (Å²) in [5.41, 5.74) is 9.36. The second-order valence-electron chi connectivity index (χ2n) is 7.73. The van der Waals surface area contributed by atoms with Gasteiger partial charge in [-0.25, -0.2) is 0 Å². The maximum absolute atomic E-state index is 11.3. The molecule has 1 fully saturated rings. The van der Waals surface area contributed by atoms with E-state index in [0.29, 0.717) is 17.2 Å². The van der Waals surface area contributed by atoms with Crippen LogP contribution in [0.4, 0.5) is 0 Å². The van der Waals surface area contributed by atoms with E-state index in [0.717, 1.165) is 42.0 Å². The molecule has 29 heavy (non-hydrogen) atoms. The zero-order valence-electron chi connectivity index (χ0n) is 16.4. The molecular weight excluding hydrogens is 382 g/mol. The van der Waals surface area contributed by atoms with E-state index in [1.165, 1.54) is 24.0 Å². The number of H-pyrrole nitrogens is 1. The highest BCUT2D eigenvalue weighted by Gasteiger charge is 2.21. The molecule has 0 spiro atoms. The molecule has 1 saturated heterocycles. The van der Waals surface area contributed by atoms with Gasteiger partial charge in [0, 0.05) is 47.3 Å². The van der Waals surface area contributed by atoms with Crippen LogP contribution >= 0.6 is 11.8 Å². The predicted molar refractivity (Wildman–Crippen MR) is 120 cm³/mol. The van der Waals surface area contributed by atoms with Crippen LogP contribution in [-0.2, 0) is 5.75 Å². The van der Waals surface area contributed by atoms with Crippen LogP contribution in [-0.4, -0.2) is 46.3 Å². The highest BCUT2D eigenvalue weighted by atomic mass is 32.2. The van der Waals surface area contributed by atoms with Crippen LogP contribution in [0.3, 0.4) is 0 Å². The molecule has 0 radical (unpaired) electrons. The van der Waals surface area contributed by atoms with Crippen LogP contribution in [0.2, 0.25) is 0 Å². The number of rotatable bonds is 7. The average molecular weight is 410 g/mol. The predicted octanol–water partition coefficient (Wildman–Crippen LogP) is 4.09. The third-order valence-electron chi connectivity index (χ3n) is 5.71. The first-order chi connectivity index (χ1) is 14.1. The molecular formula is C23H27N3O2S. The molecule has 1 aromatic heterocycles. The lowest BCUT2D eigenvalue weighted by molar-refractivity contribution is 0.100. The number of phenolic OH excluding ortho intramolecular Hbond substituents is 1.